The highest BCUT2D eigenvalue weighted by molar-refractivity contribution is 5.86. The summed E-state index contributed by atoms with van der Waals surface area (Å²) in [4.78, 5) is 0. The van der Waals surface area contributed by atoms with E-state index < -0.39 is 0 Å². The monoisotopic (exact) mass is 625 g/mol. The highest BCUT2D eigenvalue weighted by Crippen LogP contribution is 2.30. The van der Waals surface area contributed by atoms with Gasteiger partial charge in [-0.2, -0.15) is 0 Å². The number of methoxy groups -OCH3 is 2. The molecule has 0 bridgehead atoms. The van der Waals surface area contributed by atoms with Crippen molar-refractivity contribution in [2.45, 2.75) is 90.9 Å². The van der Waals surface area contributed by atoms with Crippen LogP contribution in [0.15, 0.2) is 84.1 Å². The molecule has 250 valence electrons. The molecule has 4 nitrogen and oxygen atoms in total. The van der Waals surface area contributed by atoms with Gasteiger partial charge >= 0.3 is 0 Å². The topological polar surface area (TPSA) is 39.7 Å². The van der Waals surface area contributed by atoms with Crippen molar-refractivity contribution in [2.24, 2.45) is 0 Å². The van der Waals surface area contributed by atoms with Crippen LogP contribution in [0, 0.1) is 12.8 Å². The number of hydrogen-bond acceptors (Lipinski definition) is 4. The van der Waals surface area contributed by atoms with E-state index in [4.69, 9.17) is 14.2 Å². The lowest BCUT2D eigenvalue weighted by atomic mass is 9.86. The Morgan fingerprint density at radius 2 is 1.61 bits per heavy atom. The van der Waals surface area contributed by atoms with Crippen LogP contribution < -0.4 is 10.1 Å². The van der Waals surface area contributed by atoms with E-state index in [1.54, 1.807) is 14.2 Å². The standard InChI is InChI=1S/C36H46O3.C4H11N.C2H2/c1-4-29-25-28(27-33-15-7-9-17-35(29)33)26-32(16-12-23-37-2)30-19-21-34(22-20-30)39-24-11-5-6-13-31-14-8-10-18-36(31)38-3;1-3-5-4-2;1-2/h7-9,14-15,17,19-22,25,27,32H,4-6,10-13,16,18,23-24,26H2,1-3H3;5H,3-4H2,1-2H3;1-2H. The van der Waals surface area contributed by atoms with Crippen LogP contribution >= 0.6 is 0 Å². The fraction of sp³-hybridized carbons (Fsp3) is 0.476. The molecule has 0 aromatic heterocycles. The molecule has 0 aliphatic heterocycles. The summed E-state index contributed by atoms with van der Waals surface area (Å²) in [7, 11) is 3.58. The predicted molar refractivity (Wildman–Crippen MR) is 198 cm³/mol. The minimum Gasteiger partial charge on any atom is -0.501 e. The molecule has 1 aliphatic rings. The molecule has 46 heavy (non-hydrogen) atoms. The Labute approximate surface area is 280 Å². The zero-order valence-electron chi connectivity index (χ0n) is 29.3. The van der Waals surface area contributed by atoms with Crippen molar-refractivity contribution in [2.75, 3.05) is 40.5 Å². The number of hydrogen-bond donors (Lipinski definition) is 1. The summed E-state index contributed by atoms with van der Waals surface area (Å²) < 4.78 is 17.0. The van der Waals surface area contributed by atoms with Crippen LogP contribution in [0.3, 0.4) is 0 Å². The van der Waals surface area contributed by atoms with E-state index in [9.17, 15) is 0 Å². The Hall–Kier alpha value is -3.52. The van der Waals surface area contributed by atoms with Gasteiger partial charge in [-0.15, -0.1) is 12.8 Å². The fourth-order valence-corrected chi connectivity index (χ4v) is 6.03. The predicted octanol–water partition coefficient (Wildman–Crippen LogP) is 10.2. The molecule has 1 N–H and O–H groups in total. The molecule has 3 aromatic carbocycles. The fourth-order valence-electron chi connectivity index (χ4n) is 6.03. The number of fused-ring (bicyclic) bond motifs is 1. The highest BCUT2D eigenvalue weighted by atomic mass is 16.5. The molecule has 1 unspecified atom stereocenters. The second-order valence-electron chi connectivity index (χ2n) is 11.6. The summed E-state index contributed by atoms with van der Waals surface area (Å²) in [6.07, 6.45) is 23.4. The largest absolute Gasteiger partial charge is 0.501 e. The Morgan fingerprint density at radius 3 is 2.28 bits per heavy atom. The van der Waals surface area contributed by atoms with Gasteiger partial charge in [0, 0.05) is 20.1 Å². The average molecular weight is 626 g/mol. The summed E-state index contributed by atoms with van der Waals surface area (Å²) in [6.45, 7) is 10.2. The van der Waals surface area contributed by atoms with Gasteiger partial charge in [0.15, 0.2) is 0 Å². The van der Waals surface area contributed by atoms with Crippen molar-refractivity contribution < 1.29 is 14.2 Å². The molecule has 4 heteroatoms. The highest BCUT2D eigenvalue weighted by Gasteiger charge is 2.15. The molecule has 1 atom stereocenters. The Bertz CT molecular complexity index is 1320. The zero-order chi connectivity index (χ0) is 33.4. The van der Waals surface area contributed by atoms with E-state index in [0.29, 0.717) is 5.92 Å². The summed E-state index contributed by atoms with van der Waals surface area (Å²) in [5.41, 5.74) is 5.61. The first-order valence-electron chi connectivity index (χ1n) is 17.3. The van der Waals surface area contributed by atoms with Gasteiger partial charge in [0.25, 0.3) is 0 Å². The van der Waals surface area contributed by atoms with Crippen molar-refractivity contribution >= 4 is 10.8 Å². The number of benzene rings is 3. The normalized spacial score (nSPS) is 12.9. The van der Waals surface area contributed by atoms with Crippen LogP contribution in [0.4, 0.5) is 0 Å². The summed E-state index contributed by atoms with van der Waals surface area (Å²) in [5, 5.41) is 5.83. The number of aryl methyl sites for hydroxylation is 1. The van der Waals surface area contributed by atoms with Gasteiger partial charge in [-0.3, -0.25) is 0 Å². The second kappa shape index (κ2) is 23.8. The quantitative estimate of drug-likeness (QED) is 0.113. The van der Waals surface area contributed by atoms with E-state index in [-0.39, 0.29) is 0 Å². The molecule has 0 heterocycles. The molecule has 0 amide bonds. The van der Waals surface area contributed by atoms with Crippen molar-refractivity contribution in [1.29, 1.82) is 0 Å². The molecule has 1 aliphatic carbocycles. The van der Waals surface area contributed by atoms with E-state index >= 15 is 0 Å². The Balaban J connectivity index is 0.000000959. The number of nitrogens with one attached hydrogen (secondary N) is 1. The van der Waals surface area contributed by atoms with E-state index in [1.165, 1.54) is 51.6 Å². The lowest BCUT2D eigenvalue weighted by molar-refractivity contribution is 0.190. The number of unbranched alkanes of at least 4 members (excludes halogenated alkanes) is 2. The minimum atomic E-state index is 0.459. The maximum absolute atomic E-state index is 6.10. The van der Waals surface area contributed by atoms with Crippen molar-refractivity contribution in [1.82, 2.24) is 5.32 Å². The molecule has 4 rings (SSSR count). The van der Waals surface area contributed by atoms with Crippen molar-refractivity contribution in [3.05, 3.63) is 101 Å². The van der Waals surface area contributed by atoms with Gasteiger partial charge < -0.3 is 19.5 Å². The van der Waals surface area contributed by atoms with E-state index in [2.05, 4.69) is 112 Å². The molecular weight excluding hydrogens is 566 g/mol. The van der Waals surface area contributed by atoms with Gasteiger partial charge in [0.2, 0.25) is 0 Å². The van der Waals surface area contributed by atoms with Crippen LogP contribution in [-0.4, -0.2) is 40.5 Å². The van der Waals surface area contributed by atoms with Crippen LogP contribution in [-0.2, 0) is 22.3 Å². The third-order valence-electron chi connectivity index (χ3n) is 8.44. The number of rotatable bonds is 18. The van der Waals surface area contributed by atoms with Crippen LogP contribution in [0.1, 0.15) is 94.7 Å². The van der Waals surface area contributed by atoms with Gasteiger partial charge in [-0.25, -0.2) is 0 Å². The SMILES string of the molecule is C#C.CCNCC.CCc1cc(CC(CCCOC)c2ccc(OCCCCCC3=C(OC)CCC=C3)cc2)cc2ccccc12. The third kappa shape index (κ3) is 13.5. The lowest BCUT2D eigenvalue weighted by Gasteiger charge is -2.19. The summed E-state index contributed by atoms with van der Waals surface area (Å²) >= 11 is 0. The lowest BCUT2D eigenvalue weighted by Crippen LogP contribution is -2.09. The number of ether oxygens (including phenoxy) is 3. The number of allylic oxidation sites excluding steroid dienone is 4. The van der Waals surface area contributed by atoms with Gasteiger partial charge in [0.05, 0.1) is 19.5 Å². The van der Waals surface area contributed by atoms with Crippen LogP contribution in [0.5, 0.6) is 5.75 Å². The zero-order valence-corrected chi connectivity index (χ0v) is 29.3. The third-order valence-corrected chi connectivity index (χ3v) is 8.44. The van der Waals surface area contributed by atoms with Crippen LogP contribution in [0.25, 0.3) is 10.8 Å². The first-order chi connectivity index (χ1) is 22.6. The number of terminal acetylenes is 1. The van der Waals surface area contributed by atoms with Gasteiger partial charge in [0.1, 0.15) is 5.75 Å². The van der Waals surface area contributed by atoms with Crippen molar-refractivity contribution in [3.8, 4) is 18.6 Å². The maximum atomic E-state index is 6.10. The maximum Gasteiger partial charge on any atom is 0.119 e. The molecule has 0 saturated carbocycles. The van der Waals surface area contributed by atoms with Crippen LogP contribution in [0.2, 0.25) is 0 Å². The second-order valence-corrected chi connectivity index (χ2v) is 11.6. The summed E-state index contributed by atoms with van der Waals surface area (Å²) in [5.74, 6) is 2.59. The van der Waals surface area contributed by atoms with E-state index in [0.717, 1.165) is 83.4 Å². The smallest absolute Gasteiger partial charge is 0.119 e. The Morgan fingerprint density at radius 1 is 0.848 bits per heavy atom. The summed E-state index contributed by atoms with van der Waals surface area (Å²) in [6, 6.07) is 22.4. The Kier molecular flexibility index (Phi) is 20.0. The average Bonchev–Trinajstić information content (AvgIpc) is 3.11. The minimum absolute atomic E-state index is 0.459. The van der Waals surface area contributed by atoms with E-state index in [1.807, 2.05) is 0 Å². The molecule has 0 fully saturated rings. The molecule has 0 saturated heterocycles. The van der Waals surface area contributed by atoms with Gasteiger partial charge in [-0.1, -0.05) is 81.5 Å². The van der Waals surface area contributed by atoms with Crippen molar-refractivity contribution in [3.63, 3.8) is 0 Å². The first-order valence-corrected chi connectivity index (χ1v) is 17.3. The molecular formula is C42H59NO3. The molecule has 0 radical (unpaired) electrons. The molecule has 3 aromatic rings. The molecule has 0 spiro atoms. The first kappa shape index (κ1) is 38.7. The van der Waals surface area contributed by atoms with Gasteiger partial charge in [-0.05, 0) is 122 Å².